The Morgan fingerprint density at radius 1 is 1.04 bits per heavy atom. The molecule has 2 aromatic carbocycles. The van der Waals surface area contributed by atoms with Gasteiger partial charge in [0.1, 0.15) is 0 Å². The summed E-state index contributed by atoms with van der Waals surface area (Å²) in [6, 6.07) is 15.6. The minimum atomic E-state index is 0.0202. The monoisotopic (exact) mass is 364 g/mol. The number of hydrogen-bond donors (Lipinski definition) is 1. The molecule has 0 bridgehead atoms. The third-order valence-corrected chi connectivity index (χ3v) is 5.39. The predicted molar refractivity (Wildman–Crippen MR) is 109 cm³/mol. The van der Waals surface area contributed by atoms with Gasteiger partial charge in [0.2, 0.25) is 5.91 Å². The fourth-order valence-electron chi connectivity index (χ4n) is 3.78. The number of amides is 1. The lowest BCUT2D eigenvalue weighted by Gasteiger charge is -2.30. The summed E-state index contributed by atoms with van der Waals surface area (Å²) in [5.74, 6) is 0.314. The van der Waals surface area contributed by atoms with Crippen molar-refractivity contribution < 1.29 is 9.59 Å². The summed E-state index contributed by atoms with van der Waals surface area (Å²) in [5.41, 5.74) is 3.99. The van der Waals surface area contributed by atoms with Crippen molar-refractivity contribution in [3.8, 4) is 0 Å². The molecule has 0 unspecified atom stereocenters. The Morgan fingerprint density at radius 3 is 2.41 bits per heavy atom. The number of anilines is 1. The molecule has 27 heavy (non-hydrogen) atoms. The second kappa shape index (κ2) is 8.96. The third kappa shape index (κ3) is 4.83. The van der Waals surface area contributed by atoms with Crippen LogP contribution < -0.4 is 5.32 Å². The van der Waals surface area contributed by atoms with Crippen LogP contribution in [-0.2, 0) is 11.2 Å². The molecule has 0 spiro atoms. The van der Waals surface area contributed by atoms with E-state index in [1.807, 2.05) is 49.4 Å². The number of ketones is 1. The summed E-state index contributed by atoms with van der Waals surface area (Å²) in [6.45, 7) is 6.06. The van der Waals surface area contributed by atoms with Crippen LogP contribution in [0.5, 0.6) is 0 Å². The molecule has 4 nitrogen and oxygen atoms in total. The van der Waals surface area contributed by atoms with E-state index in [-0.39, 0.29) is 17.6 Å². The molecule has 1 aliphatic rings. The molecule has 142 valence electrons. The van der Waals surface area contributed by atoms with E-state index in [0.29, 0.717) is 6.54 Å². The highest BCUT2D eigenvalue weighted by atomic mass is 16.2. The normalized spacial score (nSPS) is 15.5. The van der Waals surface area contributed by atoms with Gasteiger partial charge in [0, 0.05) is 17.2 Å². The van der Waals surface area contributed by atoms with Gasteiger partial charge in [-0.15, -0.1) is 0 Å². The third-order valence-electron chi connectivity index (χ3n) is 5.39. The molecule has 0 saturated carbocycles. The SMILES string of the molecule is CCc1cccc(C)c1NC(=O)CN1CCC(C(=O)c2ccccc2)CC1. The number of nitrogens with one attached hydrogen (secondary N) is 1. The molecule has 0 atom stereocenters. The van der Waals surface area contributed by atoms with Gasteiger partial charge in [-0.2, -0.15) is 0 Å². The summed E-state index contributed by atoms with van der Waals surface area (Å²) < 4.78 is 0. The molecule has 1 heterocycles. The quantitative estimate of drug-likeness (QED) is 0.786. The number of aryl methyl sites for hydroxylation is 2. The van der Waals surface area contributed by atoms with Crippen LogP contribution in [0.3, 0.4) is 0 Å². The Morgan fingerprint density at radius 2 is 1.74 bits per heavy atom. The second-order valence-corrected chi connectivity index (χ2v) is 7.29. The van der Waals surface area contributed by atoms with Crippen LogP contribution in [0.25, 0.3) is 0 Å². The van der Waals surface area contributed by atoms with Crippen molar-refractivity contribution in [3.63, 3.8) is 0 Å². The maximum Gasteiger partial charge on any atom is 0.238 e. The molecule has 4 heteroatoms. The topological polar surface area (TPSA) is 49.4 Å². The van der Waals surface area contributed by atoms with E-state index < -0.39 is 0 Å². The van der Waals surface area contributed by atoms with E-state index in [9.17, 15) is 9.59 Å². The van der Waals surface area contributed by atoms with Crippen LogP contribution in [0.1, 0.15) is 41.3 Å². The predicted octanol–water partition coefficient (Wildman–Crippen LogP) is 4.09. The van der Waals surface area contributed by atoms with Gasteiger partial charge in [0.15, 0.2) is 5.78 Å². The number of piperidine rings is 1. The van der Waals surface area contributed by atoms with Crippen molar-refractivity contribution in [1.29, 1.82) is 0 Å². The lowest BCUT2D eigenvalue weighted by atomic mass is 9.89. The molecule has 0 aliphatic carbocycles. The smallest absolute Gasteiger partial charge is 0.238 e. The van der Waals surface area contributed by atoms with Crippen LogP contribution in [0.2, 0.25) is 0 Å². The van der Waals surface area contributed by atoms with Gasteiger partial charge in [-0.25, -0.2) is 0 Å². The Hall–Kier alpha value is -2.46. The largest absolute Gasteiger partial charge is 0.324 e. The van der Waals surface area contributed by atoms with E-state index in [1.165, 1.54) is 0 Å². The number of hydrogen-bond acceptors (Lipinski definition) is 3. The molecular formula is C23H28N2O2. The Bertz CT molecular complexity index is 793. The van der Waals surface area contributed by atoms with Crippen LogP contribution >= 0.6 is 0 Å². The molecule has 3 rings (SSSR count). The average molecular weight is 364 g/mol. The number of Topliss-reactive ketones (excluding diaryl/α,β-unsaturated/α-hetero) is 1. The molecule has 1 saturated heterocycles. The van der Waals surface area contributed by atoms with E-state index in [1.54, 1.807) is 0 Å². The number of carbonyl (C=O) groups excluding carboxylic acids is 2. The van der Waals surface area contributed by atoms with E-state index >= 15 is 0 Å². The number of rotatable bonds is 6. The Kier molecular flexibility index (Phi) is 6.40. The van der Waals surface area contributed by atoms with Crippen molar-refractivity contribution in [2.75, 3.05) is 25.0 Å². The molecule has 1 amide bonds. The van der Waals surface area contributed by atoms with Crippen LogP contribution in [-0.4, -0.2) is 36.2 Å². The van der Waals surface area contributed by atoms with Gasteiger partial charge in [-0.3, -0.25) is 14.5 Å². The molecule has 2 aromatic rings. The highest BCUT2D eigenvalue weighted by molar-refractivity contribution is 5.98. The molecule has 0 aromatic heterocycles. The van der Waals surface area contributed by atoms with Gasteiger partial charge in [-0.05, 0) is 50.4 Å². The first-order valence-electron chi connectivity index (χ1n) is 9.78. The minimum absolute atomic E-state index is 0.0202. The van der Waals surface area contributed by atoms with Crippen molar-refractivity contribution in [2.24, 2.45) is 5.92 Å². The van der Waals surface area contributed by atoms with Crippen LogP contribution in [0.15, 0.2) is 48.5 Å². The number of benzene rings is 2. The molecule has 1 N–H and O–H groups in total. The summed E-state index contributed by atoms with van der Waals surface area (Å²) in [7, 11) is 0. The molecule has 0 radical (unpaired) electrons. The highest BCUT2D eigenvalue weighted by Crippen LogP contribution is 2.23. The maximum atomic E-state index is 12.6. The van der Waals surface area contributed by atoms with Gasteiger partial charge in [0.05, 0.1) is 6.54 Å². The van der Waals surface area contributed by atoms with E-state index in [4.69, 9.17) is 0 Å². The number of para-hydroxylation sites is 1. The van der Waals surface area contributed by atoms with Crippen molar-refractivity contribution in [2.45, 2.75) is 33.1 Å². The Labute approximate surface area is 161 Å². The van der Waals surface area contributed by atoms with Gasteiger partial charge in [0.25, 0.3) is 0 Å². The fraction of sp³-hybridized carbons (Fsp3) is 0.391. The standard InChI is InChI=1S/C23H28N2O2/c1-3-18-11-7-8-17(2)22(18)24-21(26)16-25-14-12-20(13-15-25)23(27)19-9-5-4-6-10-19/h4-11,20H,3,12-16H2,1-2H3,(H,24,26). The number of nitrogens with zero attached hydrogens (tertiary/aromatic N) is 1. The minimum Gasteiger partial charge on any atom is -0.324 e. The fourth-order valence-corrected chi connectivity index (χ4v) is 3.78. The zero-order valence-corrected chi connectivity index (χ0v) is 16.2. The Balaban J connectivity index is 1.52. The molecule has 1 fully saturated rings. The van der Waals surface area contributed by atoms with Crippen LogP contribution in [0, 0.1) is 12.8 Å². The first-order valence-corrected chi connectivity index (χ1v) is 9.78. The van der Waals surface area contributed by atoms with Gasteiger partial charge in [-0.1, -0.05) is 55.5 Å². The van der Waals surface area contributed by atoms with Crippen molar-refractivity contribution in [1.82, 2.24) is 4.90 Å². The van der Waals surface area contributed by atoms with E-state index in [2.05, 4.69) is 23.2 Å². The summed E-state index contributed by atoms with van der Waals surface area (Å²) >= 11 is 0. The lowest BCUT2D eigenvalue weighted by molar-refractivity contribution is -0.117. The first kappa shape index (κ1) is 19.3. The zero-order valence-electron chi connectivity index (χ0n) is 16.2. The van der Waals surface area contributed by atoms with E-state index in [0.717, 1.165) is 54.7 Å². The summed E-state index contributed by atoms with van der Waals surface area (Å²) in [6.07, 6.45) is 2.52. The van der Waals surface area contributed by atoms with Gasteiger partial charge < -0.3 is 5.32 Å². The number of carbonyl (C=O) groups is 2. The van der Waals surface area contributed by atoms with Crippen molar-refractivity contribution >= 4 is 17.4 Å². The maximum absolute atomic E-state index is 12.6. The summed E-state index contributed by atoms with van der Waals surface area (Å²) in [5, 5.41) is 3.09. The highest BCUT2D eigenvalue weighted by Gasteiger charge is 2.26. The molecular weight excluding hydrogens is 336 g/mol. The zero-order chi connectivity index (χ0) is 19.2. The van der Waals surface area contributed by atoms with Crippen LogP contribution in [0.4, 0.5) is 5.69 Å². The molecule has 1 aliphatic heterocycles. The lowest BCUT2D eigenvalue weighted by Crippen LogP contribution is -2.40. The summed E-state index contributed by atoms with van der Waals surface area (Å²) in [4.78, 5) is 27.2. The number of likely N-dealkylation sites (tertiary alicyclic amines) is 1. The van der Waals surface area contributed by atoms with Crippen molar-refractivity contribution in [3.05, 3.63) is 65.2 Å². The average Bonchev–Trinajstić information content (AvgIpc) is 2.70. The second-order valence-electron chi connectivity index (χ2n) is 7.29. The van der Waals surface area contributed by atoms with Gasteiger partial charge >= 0.3 is 0 Å². The first-order chi connectivity index (χ1) is 13.1.